The molecule has 0 spiro atoms. The summed E-state index contributed by atoms with van der Waals surface area (Å²) in [6.07, 6.45) is 1.61. The first-order chi connectivity index (χ1) is 15.6. The highest BCUT2D eigenvalue weighted by atomic mass is 79.9. The lowest BCUT2D eigenvalue weighted by Gasteiger charge is -2.30. The summed E-state index contributed by atoms with van der Waals surface area (Å²) in [6, 6.07) is 3.45. The fourth-order valence-electron chi connectivity index (χ4n) is 3.31. The number of benzene rings is 1. The van der Waals surface area contributed by atoms with Crippen molar-refractivity contribution in [2.24, 2.45) is 5.10 Å². The van der Waals surface area contributed by atoms with E-state index in [9.17, 15) is 5.11 Å². The van der Waals surface area contributed by atoms with E-state index in [2.05, 4.69) is 51.2 Å². The van der Waals surface area contributed by atoms with Gasteiger partial charge in [0.2, 0.25) is 17.8 Å². The van der Waals surface area contributed by atoms with Gasteiger partial charge in [-0.1, -0.05) is 0 Å². The number of anilines is 3. The minimum absolute atomic E-state index is 0.0553. The van der Waals surface area contributed by atoms with Crippen molar-refractivity contribution in [3.05, 3.63) is 22.2 Å². The monoisotopic (exact) mass is 507 g/mol. The van der Waals surface area contributed by atoms with E-state index in [0.717, 1.165) is 31.7 Å². The summed E-state index contributed by atoms with van der Waals surface area (Å²) >= 11 is 3.33. The number of hydrogen-bond acceptors (Lipinski definition) is 11. The lowest BCUT2D eigenvalue weighted by molar-refractivity contribution is 0.121. The molecule has 2 aromatic rings. The van der Waals surface area contributed by atoms with Crippen LogP contribution in [0.25, 0.3) is 0 Å². The number of hydrazone groups is 1. The Kier molecular flexibility index (Phi) is 7.55. The molecule has 3 heterocycles. The molecular weight excluding hydrogens is 482 g/mol. The second-order valence-corrected chi connectivity index (χ2v) is 7.96. The Morgan fingerprint density at radius 1 is 1.06 bits per heavy atom. The van der Waals surface area contributed by atoms with Crippen molar-refractivity contribution in [3.63, 3.8) is 0 Å². The Balaban J connectivity index is 1.55. The van der Waals surface area contributed by atoms with Gasteiger partial charge in [-0.15, -0.1) is 0 Å². The average molecular weight is 508 g/mol. The fraction of sp³-hybridized carbons (Fsp3) is 0.500. The molecule has 2 aliphatic heterocycles. The molecule has 0 radical (unpaired) electrons. The maximum Gasteiger partial charge on any atom is 0.250 e. The highest BCUT2D eigenvalue weighted by Gasteiger charge is 2.20. The van der Waals surface area contributed by atoms with E-state index in [1.54, 1.807) is 18.3 Å². The number of rotatable bonds is 7. The average Bonchev–Trinajstić information content (AvgIpc) is 2.83. The molecule has 1 aromatic carbocycles. The van der Waals surface area contributed by atoms with Crippen LogP contribution in [-0.4, -0.2) is 85.5 Å². The zero-order valence-electron chi connectivity index (χ0n) is 17.8. The van der Waals surface area contributed by atoms with Crippen molar-refractivity contribution in [1.82, 2.24) is 15.0 Å². The standard InChI is InChI=1S/C20H26BrN7O4/c1-2-32-16-12-14(11-15(21)17(16)29)13-22-26-18-23-19(27-3-7-30-8-4-27)25-20(24-18)28-5-9-31-10-6-28/h11-13,29H,2-10H2,1H3,(H,23,24,25,26)/b22-13+. The Hall–Kier alpha value is -2.70. The summed E-state index contributed by atoms with van der Waals surface area (Å²) in [5, 5.41) is 14.4. The van der Waals surface area contributed by atoms with E-state index >= 15 is 0 Å². The molecule has 4 rings (SSSR count). The lowest BCUT2D eigenvalue weighted by Crippen LogP contribution is -2.40. The van der Waals surface area contributed by atoms with E-state index in [4.69, 9.17) is 14.2 Å². The van der Waals surface area contributed by atoms with Gasteiger partial charge in [0.15, 0.2) is 11.5 Å². The van der Waals surface area contributed by atoms with Crippen LogP contribution in [0.3, 0.4) is 0 Å². The van der Waals surface area contributed by atoms with Crippen LogP contribution in [0.15, 0.2) is 21.7 Å². The Bertz CT molecular complexity index is 914. The number of aromatic hydroxyl groups is 1. The van der Waals surface area contributed by atoms with Crippen molar-refractivity contribution in [3.8, 4) is 11.5 Å². The van der Waals surface area contributed by atoms with E-state index < -0.39 is 0 Å². The van der Waals surface area contributed by atoms with Crippen LogP contribution in [-0.2, 0) is 9.47 Å². The third kappa shape index (κ3) is 5.56. The van der Waals surface area contributed by atoms with E-state index in [1.807, 2.05) is 6.92 Å². The summed E-state index contributed by atoms with van der Waals surface area (Å²) in [4.78, 5) is 17.9. The van der Waals surface area contributed by atoms with Crippen molar-refractivity contribution >= 4 is 40.0 Å². The van der Waals surface area contributed by atoms with Gasteiger partial charge in [-0.25, -0.2) is 5.43 Å². The molecule has 0 amide bonds. The molecule has 2 saturated heterocycles. The number of phenols is 1. The smallest absolute Gasteiger partial charge is 0.250 e. The zero-order chi connectivity index (χ0) is 22.3. The Morgan fingerprint density at radius 3 is 2.22 bits per heavy atom. The van der Waals surface area contributed by atoms with E-state index in [-0.39, 0.29) is 5.75 Å². The van der Waals surface area contributed by atoms with Crippen LogP contribution < -0.4 is 20.0 Å². The number of ether oxygens (including phenoxy) is 3. The van der Waals surface area contributed by atoms with Crippen molar-refractivity contribution in [2.45, 2.75) is 6.92 Å². The van der Waals surface area contributed by atoms with Crippen LogP contribution >= 0.6 is 15.9 Å². The summed E-state index contributed by atoms with van der Waals surface area (Å²) < 4.78 is 16.9. The normalized spacial score (nSPS) is 17.1. The largest absolute Gasteiger partial charge is 0.503 e. The van der Waals surface area contributed by atoms with Gasteiger partial charge >= 0.3 is 0 Å². The van der Waals surface area contributed by atoms with E-state index in [0.29, 0.717) is 61.1 Å². The summed E-state index contributed by atoms with van der Waals surface area (Å²) in [5.41, 5.74) is 3.65. The van der Waals surface area contributed by atoms with Crippen molar-refractivity contribution in [1.29, 1.82) is 0 Å². The molecule has 1 aromatic heterocycles. The number of phenolic OH excluding ortho intramolecular Hbond substituents is 1. The summed E-state index contributed by atoms with van der Waals surface area (Å²) in [7, 11) is 0. The molecule has 2 fully saturated rings. The van der Waals surface area contributed by atoms with Gasteiger partial charge in [0, 0.05) is 26.2 Å². The molecule has 2 N–H and O–H groups in total. The third-order valence-electron chi connectivity index (χ3n) is 4.93. The second-order valence-electron chi connectivity index (χ2n) is 7.11. The van der Waals surface area contributed by atoms with Crippen LogP contribution in [0.5, 0.6) is 11.5 Å². The molecule has 0 unspecified atom stereocenters. The highest BCUT2D eigenvalue weighted by molar-refractivity contribution is 9.10. The molecule has 2 aliphatic rings. The van der Waals surface area contributed by atoms with Crippen LogP contribution in [0.1, 0.15) is 12.5 Å². The molecule has 12 heteroatoms. The third-order valence-corrected chi connectivity index (χ3v) is 5.53. The predicted molar refractivity (Wildman–Crippen MR) is 124 cm³/mol. The number of nitrogens with zero attached hydrogens (tertiary/aromatic N) is 6. The molecule has 11 nitrogen and oxygen atoms in total. The zero-order valence-corrected chi connectivity index (χ0v) is 19.4. The number of nitrogens with one attached hydrogen (secondary N) is 1. The molecular formula is C20H26BrN7O4. The van der Waals surface area contributed by atoms with Crippen molar-refractivity contribution < 1.29 is 19.3 Å². The molecule has 0 aliphatic carbocycles. The number of halogens is 1. The Morgan fingerprint density at radius 2 is 1.66 bits per heavy atom. The number of aromatic nitrogens is 3. The molecule has 32 heavy (non-hydrogen) atoms. The topological polar surface area (TPSA) is 117 Å². The van der Waals surface area contributed by atoms with Crippen LogP contribution in [0.4, 0.5) is 17.8 Å². The molecule has 172 valence electrons. The van der Waals surface area contributed by atoms with E-state index in [1.165, 1.54) is 0 Å². The van der Waals surface area contributed by atoms with Crippen LogP contribution in [0.2, 0.25) is 0 Å². The van der Waals surface area contributed by atoms with Gasteiger partial charge in [-0.3, -0.25) is 0 Å². The minimum atomic E-state index is 0.0553. The fourth-order valence-corrected chi connectivity index (χ4v) is 3.77. The lowest BCUT2D eigenvalue weighted by atomic mass is 10.2. The summed E-state index contributed by atoms with van der Waals surface area (Å²) in [5.74, 6) is 1.97. The minimum Gasteiger partial charge on any atom is -0.503 e. The van der Waals surface area contributed by atoms with Gasteiger partial charge in [-0.2, -0.15) is 20.1 Å². The SMILES string of the molecule is CCOc1cc(/C=N/Nc2nc(N3CCOCC3)nc(N3CCOCC3)n2)cc(Br)c1O. The summed E-state index contributed by atoms with van der Waals surface area (Å²) in [6.45, 7) is 7.72. The maximum atomic E-state index is 10.1. The Labute approximate surface area is 194 Å². The van der Waals surface area contributed by atoms with Gasteiger partial charge in [0.25, 0.3) is 0 Å². The van der Waals surface area contributed by atoms with Crippen molar-refractivity contribution in [2.75, 3.05) is 74.4 Å². The highest BCUT2D eigenvalue weighted by Crippen LogP contribution is 2.35. The van der Waals surface area contributed by atoms with Gasteiger partial charge in [0.05, 0.1) is 43.7 Å². The first kappa shape index (κ1) is 22.5. The molecule has 0 bridgehead atoms. The first-order valence-corrected chi connectivity index (χ1v) is 11.3. The van der Waals surface area contributed by atoms with Gasteiger partial charge in [-0.05, 0) is 40.5 Å². The van der Waals surface area contributed by atoms with Gasteiger partial charge < -0.3 is 29.1 Å². The van der Waals surface area contributed by atoms with Gasteiger partial charge in [0.1, 0.15) is 0 Å². The number of hydrogen-bond donors (Lipinski definition) is 2. The molecule has 0 atom stereocenters. The number of morpholine rings is 2. The predicted octanol–water partition coefficient (Wildman–Crippen LogP) is 1.86. The first-order valence-electron chi connectivity index (χ1n) is 10.5. The maximum absolute atomic E-state index is 10.1. The van der Waals surface area contributed by atoms with Crippen LogP contribution in [0, 0.1) is 0 Å². The molecule has 0 saturated carbocycles. The quantitative estimate of drug-likeness (QED) is 0.424. The second kappa shape index (κ2) is 10.7.